The number of H-pyrrole nitrogens is 1. The van der Waals surface area contributed by atoms with Crippen LogP contribution in [0, 0.1) is 0 Å². The fraction of sp³-hybridized carbons (Fsp3) is 0.304. The Bertz CT molecular complexity index is 1080. The van der Waals surface area contributed by atoms with Gasteiger partial charge in [-0.05, 0) is 48.6 Å². The van der Waals surface area contributed by atoms with Gasteiger partial charge in [-0.15, -0.1) is 0 Å². The Morgan fingerprint density at radius 1 is 1.03 bits per heavy atom. The summed E-state index contributed by atoms with van der Waals surface area (Å²) in [6.45, 7) is 0.891. The van der Waals surface area contributed by atoms with Crippen molar-refractivity contribution in [2.45, 2.75) is 24.0 Å². The van der Waals surface area contributed by atoms with Crippen molar-refractivity contribution in [2.24, 2.45) is 0 Å². The zero-order chi connectivity index (χ0) is 20.1. The number of aromatic nitrogens is 1. The van der Waals surface area contributed by atoms with E-state index in [0.29, 0.717) is 24.2 Å². The lowest BCUT2D eigenvalue weighted by Gasteiger charge is -2.54. The molecule has 2 amide bonds. The largest absolute Gasteiger partial charge is 0.376 e. The molecule has 5 rings (SSSR count). The van der Waals surface area contributed by atoms with Gasteiger partial charge in [-0.3, -0.25) is 9.59 Å². The lowest BCUT2D eigenvalue weighted by molar-refractivity contribution is -0.0709. The van der Waals surface area contributed by atoms with Gasteiger partial charge in [-0.2, -0.15) is 0 Å². The molecule has 6 heteroatoms. The molecule has 0 radical (unpaired) electrons. The van der Waals surface area contributed by atoms with E-state index in [9.17, 15) is 9.59 Å². The first kappa shape index (κ1) is 17.9. The first-order valence-corrected chi connectivity index (χ1v) is 9.85. The van der Waals surface area contributed by atoms with Crippen molar-refractivity contribution in [3.63, 3.8) is 0 Å². The summed E-state index contributed by atoms with van der Waals surface area (Å²) in [5.74, 6) is -0.160. The Morgan fingerprint density at radius 2 is 1.79 bits per heavy atom. The molecule has 2 heterocycles. The zero-order valence-electron chi connectivity index (χ0n) is 16.3. The molecule has 6 nitrogen and oxygen atoms in total. The highest BCUT2D eigenvalue weighted by Crippen LogP contribution is 2.52. The molecule has 0 bridgehead atoms. The van der Waals surface area contributed by atoms with Gasteiger partial charge in [0.05, 0.1) is 5.60 Å². The van der Waals surface area contributed by atoms with Gasteiger partial charge in [-0.25, -0.2) is 0 Å². The first-order chi connectivity index (χ1) is 14.1. The molecule has 1 saturated carbocycles. The van der Waals surface area contributed by atoms with E-state index in [2.05, 4.69) is 10.3 Å². The van der Waals surface area contributed by atoms with Crippen molar-refractivity contribution < 1.29 is 14.3 Å². The van der Waals surface area contributed by atoms with Gasteiger partial charge < -0.3 is 19.9 Å². The standard InChI is InChI=1S/C23H23N3O3/c1-29-23(10-11-23)22(25-20(27)17-5-3-2-4-6-17)14-26(15-22)21(28)18-8-7-16-9-12-24-19(16)13-18/h2-9,12-13,24H,10-11,14-15H2,1H3,(H,25,27). The summed E-state index contributed by atoms with van der Waals surface area (Å²) in [4.78, 5) is 30.8. The predicted octanol–water partition coefficient (Wildman–Crippen LogP) is 2.97. The Kier molecular flexibility index (Phi) is 3.99. The van der Waals surface area contributed by atoms with Crippen LogP contribution < -0.4 is 5.32 Å². The molecule has 2 fully saturated rings. The van der Waals surface area contributed by atoms with Crippen molar-refractivity contribution in [1.29, 1.82) is 0 Å². The maximum Gasteiger partial charge on any atom is 0.254 e. The molecule has 29 heavy (non-hydrogen) atoms. The quantitative estimate of drug-likeness (QED) is 0.705. The van der Waals surface area contributed by atoms with Crippen LogP contribution >= 0.6 is 0 Å². The van der Waals surface area contributed by atoms with Gasteiger partial charge in [-0.1, -0.05) is 24.3 Å². The second-order valence-electron chi connectivity index (χ2n) is 8.04. The summed E-state index contributed by atoms with van der Waals surface area (Å²) in [6.07, 6.45) is 3.63. The molecule has 1 aliphatic heterocycles. The SMILES string of the molecule is COC1(C2(NC(=O)c3ccccc3)CN(C(=O)c3ccc4cc[nH]c4c3)C2)CC1. The van der Waals surface area contributed by atoms with Gasteiger partial charge >= 0.3 is 0 Å². The average molecular weight is 389 g/mol. The number of rotatable bonds is 5. The number of amides is 2. The second-order valence-corrected chi connectivity index (χ2v) is 8.04. The Hall–Kier alpha value is -3.12. The number of carbonyl (C=O) groups excluding carboxylic acids is 2. The van der Waals surface area contributed by atoms with Crippen LogP contribution in [0.3, 0.4) is 0 Å². The molecular weight excluding hydrogens is 366 g/mol. The van der Waals surface area contributed by atoms with Crippen LogP contribution in [0.1, 0.15) is 33.6 Å². The molecular formula is C23H23N3O3. The summed E-state index contributed by atoms with van der Waals surface area (Å²) in [7, 11) is 1.69. The molecule has 148 valence electrons. The Labute approximate surface area is 168 Å². The highest BCUT2D eigenvalue weighted by molar-refractivity contribution is 5.99. The molecule has 0 atom stereocenters. The van der Waals surface area contributed by atoms with E-state index in [1.807, 2.05) is 48.7 Å². The van der Waals surface area contributed by atoms with E-state index in [0.717, 1.165) is 23.7 Å². The van der Waals surface area contributed by atoms with Crippen molar-refractivity contribution >= 4 is 22.7 Å². The summed E-state index contributed by atoms with van der Waals surface area (Å²) < 4.78 is 5.82. The second kappa shape index (κ2) is 6.46. The van der Waals surface area contributed by atoms with Gasteiger partial charge in [0.15, 0.2) is 0 Å². The average Bonchev–Trinajstić information content (AvgIpc) is 3.39. The van der Waals surface area contributed by atoms with E-state index < -0.39 is 11.1 Å². The molecule has 1 aromatic heterocycles. The van der Waals surface area contributed by atoms with Crippen molar-refractivity contribution in [2.75, 3.05) is 20.2 Å². The molecule has 0 spiro atoms. The number of aromatic amines is 1. The van der Waals surface area contributed by atoms with Crippen LogP contribution in [0.15, 0.2) is 60.8 Å². The Balaban J connectivity index is 1.36. The minimum atomic E-state index is -0.555. The number of hydrogen-bond donors (Lipinski definition) is 2. The number of nitrogens with one attached hydrogen (secondary N) is 2. The van der Waals surface area contributed by atoms with E-state index in [1.165, 1.54) is 0 Å². The molecule has 2 N–H and O–H groups in total. The van der Waals surface area contributed by atoms with Crippen LogP contribution in [0.5, 0.6) is 0 Å². The first-order valence-electron chi connectivity index (χ1n) is 9.85. The molecule has 2 aromatic carbocycles. The number of ether oxygens (including phenoxy) is 1. The van der Waals surface area contributed by atoms with Gasteiger partial charge in [0.1, 0.15) is 5.54 Å². The third-order valence-electron chi connectivity index (χ3n) is 6.37. The number of carbonyl (C=O) groups is 2. The highest BCUT2D eigenvalue weighted by atomic mass is 16.5. The maximum absolute atomic E-state index is 13.0. The van der Waals surface area contributed by atoms with Gasteiger partial charge in [0.2, 0.25) is 0 Å². The van der Waals surface area contributed by atoms with Crippen LogP contribution in [0.2, 0.25) is 0 Å². The van der Waals surface area contributed by atoms with Gasteiger partial charge in [0, 0.05) is 43.0 Å². The van der Waals surface area contributed by atoms with Crippen molar-refractivity contribution in [3.8, 4) is 0 Å². The van der Waals surface area contributed by atoms with E-state index in [4.69, 9.17) is 4.74 Å². The van der Waals surface area contributed by atoms with Crippen LogP contribution in [0.4, 0.5) is 0 Å². The predicted molar refractivity (Wildman–Crippen MR) is 110 cm³/mol. The number of fused-ring (bicyclic) bond motifs is 1. The third-order valence-corrected chi connectivity index (χ3v) is 6.37. The van der Waals surface area contributed by atoms with Crippen molar-refractivity contribution in [3.05, 3.63) is 71.9 Å². The normalized spacial score (nSPS) is 18.9. The number of hydrogen-bond acceptors (Lipinski definition) is 3. The minimum absolute atomic E-state index is 0.0296. The van der Waals surface area contributed by atoms with E-state index >= 15 is 0 Å². The Morgan fingerprint density at radius 3 is 2.48 bits per heavy atom. The molecule has 3 aromatic rings. The lowest BCUT2D eigenvalue weighted by atomic mass is 9.80. The highest BCUT2D eigenvalue weighted by Gasteiger charge is 2.66. The summed E-state index contributed by atoms with van der Waals surface area (Å²) in [5, 5.41) is 4.27. The number of likely N-dealkylation sites (tertiary alicyclic amines) is 1. The van der Waals surface area contributed by atoms with E-state index in [1.54, 1.807) is 24.1 Å². The minimum Gasteiger partial charge on any atom is -0.376 e. The number of benzene rings is 2. The van der Waals surface area contributed by atoms with Crippen molar-refractivity contribution in [1.82, 2.24) is 15.2 Å². The topological polar surface area (TPSA) is 74.4 Å². The van der Waals surface area contributed by atoms with Crippen LogP contribution in [0.25, 0.3) is 10.9 Å². The zero-order valence-corrected chi connectivity index (χ0v) is 16.3. The smallest absolute Gasteiger partial charge is 0.254 e. The monoisotopic (exact) mass is 389 g/mol. The van der Waals surface area contributed by atoms with Gasteiger partial charge in [0.25, 0.3) is 11.8 Å². The molecule has 2 aliphatic rings. The molecule has 0 unspecified atom stereocenters. The maximum atomic E-state index is 13.0. The molecule has 1 aliphatic carbocycles. The lowest BCUT2D eigenvalue weighted by Crippen LogP contribution is -2.77. The summed E-state index contributed by atoms with van der Waals surface area (Å²) >= 11 is 0. The third kappa shape index (κ3) is 2.83. The number of methoxy groups -OCH3 is 1. The number of nitrogens with zero attached hydrogens (tertiary/aromatic N) is 1. The summed E-state index contributed by atoms with van der Waals surface area (Å²) in [6, 6.07) is 16.8. The van der Waals surface area contributed by atoms with E-state index in [-0.39, 0.29) is 11.8 Å². The fourth-order valence-electron chi connectivity index (χ4n) is 4.46. The van der Waals surface area contributed by atoms with Crippen LogP contribution in [-0.2, 0) is 4.74 Å². The fourth-order valence-corrected chi connectivity index (χ4v) is 4.46. The molecule has 1 saturated heterocycles. The summed E-state index contributed by atoms with van der Waals surface area (Å²) in [5.41, 5.74) is 1.25. The van der Waals surface area contributed by atoms with Crippen LogP contribution in [-0.4, -0.2) is 53.0 Å².